The summed E-state index contributed by atoms with van der Waals surface area (Å²) in [5, 5.41) is 6.16. The number of hydrogen-bond acceptors (Lipinski definition) is 3. The molecule has 0 radical (unpaired) electrons. The molecular weight excluding hydrogens is 216 g/mol. The van der Waals surface area contributed by atoms with Gasteiger partial charge < -0.3 is 15.4 Å². The standard InChI is InChI=1S/C13H18N2O2/c1-13(8-5-9-14-13)12(16)15-10-6-3-4-7-11(10)17-2/h3-4,6-7,14H,5,8-9H2,1-2H3,(H,15,16). The molecule has 17 heavy (non-hydrogen) atoms. The van der Waals surface area contributed by atoms with Crippen LogP contribution in [0, 0.1) is 0 Å². The Hall–Kier alpha value is -1.55. The van der Waals surface area contributed by atoms with Crippen LogP contribution in [-0.2, 0) is 4.79 Å². The number of benzene rings is 1. The minimum Gasteiger partial charge on any atom is -0.495 e. The van der Waals surface area contributed by atoms with E-state index in [2.05, 4.69) is 10.6 Å². The van der Waals surface area contributed by atoms with E-state index in [1.54, 1.807) is 7.11 Å². The van der Waals surface area contributed by atoms with Gasteiger partial charge in [-0.15, -0.1) is 0 Å². The van der Waals surface area contributed by atoms with Crippen molar-refractivity contribution < 1.29 is 9.53 Å². The van der Waals surface area contributed by atoms with Crippen LogP contribution in [0.2, 0.25) is 0 Å². The monoisotopic (exact) mass is 234 g/mol. The highest BCUT2D eigenvalue weighted by molar-refractivity contribution is 5.99. The Labute approximate surface area is 101 Å². The van der Waals surface area contributed by atoms with Gasteiger partial charge in [0.15, 0.2) is 0 Å². The molecule has 2 rings (SSSR count). The van der Waals surface area contributed by atoms with Crippen LogP contribution < -0.4 is 15.4 Å². The number of carbonyl (C=O) groups excluding carboxylic acids is 1. The van der Waals surface area contributed by atoms with Gasteiger partial charge in [-0.1, -0.05) is 12.1 Å². The molecule has 1 aliphatic rings. The number of methoxy groups -OCH3 is 1. The second-order valence-electron chi connectivity index (χ2n) is 4.52. The minimum absolute atomic E-state index is 0.000463. The van der Waals surface area contributed by atoms with Crippen LogP contribution in [0.15, 0.2) is 24.3 Å². The van der Waals surface area contributed by atoms with E-state index in [0.29, 0.717) is 5.75 Å². The van der Waals surface area contributed by atoms with Crippen LogP contribution in [0.5, 0.6) is 5.75 Å². The van der Waals surface area contributed by atoms with Crippen molar-refractivity contribution in [3.8, 4) is 5.75 Å². The molecule has 2 N–H and O–H groups in total. The van der Waals surface area contributed by atoms with Crippen molar-refractivity contribution in [3.63, 3.8) is 0 Å². The zero-order valence-corrected chi connectivity index (χ0v) is 10.2. The first-order valence-corrected chi connectivity index (χ1v) is 5.85. The molecule has 1 fully saturated rings. The van der Waals surface area contributed by atoms with Gasteiger partial charge in [0.1, 0.15) is 5.75 Å². The number of amides is 1. The molecule has 1 heterocycles. The van der Waals surface area contributed by atoms with E-state index in [1.165, 1.54) is 0 Å². The zero-order valence-electron chi connectivity index (χ0n) is 10.2. The molecule has 1 saturated heterocycles. The number of nitrogens with one attached hydrogen (secondary N) is 2. The Kier molecular flexibility index (Phi) is 3.33. The maximum atomic E-state index is 12.2. The highest BCUT2D eigenvalue weighted by Crippen LogP contribution is 2.26. The van der Waals surface area contributed by atoms with Gasteiger partial charge in [0, 0.05) is 0 Å². The van der Waals surface area contributed by atoms with E-state index in [1.807, 2.05) is 31.2 Å². The van der Waals surface area contributed by atoms with Crippen molar-refractivity contribution in [1.82, 2.24) is 5.32 Å². The lowest BCUT2D eigenvalue weighted by molar-refractivity contribution is -0.121. The lowest BCUT2D eigenvalue weighted by Crippen LogP contribution is -2.48. The number of rotatable bonds is 3. The molecule has 0 aromatic heterocycles. The molecule has 1 aromatic carbocycles. The first kappa shape index (κ1) is 11.9. The fourth-order valence-corrected chi connectivity index (χ4v) is 2.10. The van der Waals surface area contributed by atoms with Crippen molar-refractivity contribution in [2.24, 2.45) is 0 Å². The topological polar surface area (TPSA) is 50.4 Å². The minimum atomic E-state index is -0.457. The molecule has 0 bridgehead atoms. The molecule has 1 atom stereocenters. The summed E-state index contributed by atoms with van der Waals surface area (Å²) in [6, 6.07) is 7.43. The zero-order chi connectivity index (χ0) is 12.3. The predicted molar refractivity (Wildman–Crippen MR) is 67.3 cm³/mol. The second kappa shape index (κ2) is 4.75. The molecule has 1 unspecified atom stereocenters. The van der Waals surface area contributed by atoms with E-state index in [-0.39, 0.29) is 5.91 Å². The molecule has 92 valence electrons. The quantitative estimate of drug-likeness (QED) is 0.838. The van der Waals surface area contributed by atoms with Crippen molar-refractivity contribution in [3.05, 3.63) is 24.3 Å². The molecule has 4 nitrogen and oxygen atoms in total. The van der Waals surface area contributed by atoms with Crippen molar-refractivity contribution in [2.45, 2.75) is 25.3 Å². The predicted octanol–water partition coefficient (Wildman–Crippen LogP) is 1.78. The van der Waals surface area contributed by atoms with E-state index in [4.69, 9.17) is 4.74 Å². The summed E-state index contributed by atoms with van der Waals surface area (Å²) in [5.41, 5.74) is 0.260. The van der Waals surface area contributed by atoms with Gasteiger partial charge in [0.25, 0.3) is 0 Å². The summed E-state index contributed by atoms with van der Waals surface area (Å²) in [4.78, 5) is 12.2. The number of ether oxygens (including phenoxy) is 1. The molecule has 4 heteroatoms. The average Bonchev–Trinajstić information content (AvgIpc) is 2.78. The van der Waals surface area contributed by atoms with E-state index >= 15 is 0 Å². The Morgan fingerprint density at radius 2 is 2.24 bits per heavy atom. The SMILES string of the molecule is COc1ccccc1NC(=O)C1(C)CCCN1. The Morgan fingerprint density at radius 3 is 2.88 bits per heavy atom. The lowest BCUT2D eigenvalue weighted by atomic mass is 9.99. The molecule has 0 aliphatic carbocycles. The molecule has 0 saturated carbocycles. The number of anilines is 1. The number of hydrogen-bond donors (Lipinski definition) is 2. The fourth-order valence-electron chi connectivity index (χ4n) is 2.10. The van der Waals surface area contributed by atoms with Crippen LogP contribution in [0.4, 0.5) is 5.69 Å². The second-order valence-corrected chi connectivity index (χ2v) is 4.52. The Morgan fingerprint density at radius 1 is 1.47 bits per heavy atom. The summed E-state index contributed by atoms with van der Waals surface area (Å²) < 4.78 is 5.21. The van der Waals surface area contributed by atoms with Crippen LogP contribution in [0.1, 0.15) is 19.8 Å². The van der Waals surface area contributed by atoms with Crippen molar-refractivity contribution in [1.29, 1.82) is 0 Å². The highest BCUT2D eigenvalue weighted by Gasteiger charge is 2.36. The van der Waals surface area contributed by atoms with Crippen LogP contribution in [0.3, 0.4) is 0 Å². The van der Waals surface area contributed by atoms with E-state index in [0.717, 1.165) is 25.1 Å². The number of para-hydroxylation sites is 2. The summed E-state index contributed by atoms with van der Waals surface area (Å²) >= 11 is 0. The van der Waals surface area contributed by atoms with Gasteiger partial charge in [-0.25, -0.2) is 0 Å². The van der Waals surface area contributed by atoms with Gasteiger partial charge in [0.2, 0.25) is 5.91 Å². The van der Waals surface area contributed by atoms with Crippen LogP contribution in [0.25, 0.3) is 0 Å². The highest BCUT2D eigenvalue weighted by atomic mass is 16.5. The molecule has 1 aromatic rings. The largest absolute Gasteiger partial charge is 0.495 e. The van der Waals surface area contributed by atoms with Crippen LogP contribution in [-0.4, -0.2) is 25.1 Å². The summed E-state index contributed by atoms with van der Waals surface area (Å²) in [6.45, 7) is 2.83. The Bertz CT molecular complexity index is 412. The van der Waals surface area contributed by atoms with Gasteiger partial charge in [0.05, 0.1) is 18.3 Å². The van der Waals surface area contributed by atoms with Gasteiger partial charge >= 0.3 is 0 Å². The first-order chi connectivity index (χ1) is 8.15. The summed E-state index contributed by atoms with van der Waals surface area (Å²) in [6.07, 6.45) is 1.91. The maximum absolute atomic E-state index is 12.2. The van der Waals surface area contributed by atoms with Crippen LogP contribution >= 0.6 is 0 Å². The fraction of sp³-hybridized carbons (Fsp3) is 0.462. The number of carbonyl (C=O) groups is 1. The lowest BCUT2D eigenvalue weighted by Gasteiger charge is -2.23. The van der Waals surface area contributed by atoms with E-state index in [9.17, 15) is 4.79 Å². The molecule has 1 amide bonds. The van der Waals surface area contributed by atoms with Crippen molar-refractivity contribution >= 4 is 11.6 Å². The first-order valence-electron chi connectivity index (χ1n) is 5.85. The summed E-state index contributed by atoms with van der Waals surface area (Å²) in [7, 11) is 1.60. The third-order valence-corrected chi connectivity index (χ3v) is 3.23. The van der Waals surface area contributed by atoms with Gasteiger partial charge in [-0.2, -0.15) is 0 Å². The average molecular weight is 234 g/mol. The normalized spacial score (nSPS) is 23.4. The third-order valence-electron chi connectivity index (χ3n) is 3.23. The molecule has 1 aliphatic heterocycles. The molecule has 0 spiro atoms. The molecular formula is C13H18N2O2. The summed E-state index contributed by atoms with van der Waals surface area (Å²) in [5.74, 6) is 0.682. The van der Waals surface area contributed by atoms with E-state index < -0.39 is 5.54 Å². The third kappa shape index (κ3) is 2.42. The van der Waals surface area contributed by atoms with Crippen molar-refractivity contribution in [2.75, 3.05) is 19.0 Å². The maximum Gasteiger partial charge on any atom is 0.244 e. The smallest absolute Gasteiger partial charge is 0.244 e. The van der Waals surface area contributed by atoms with Gasteiger partial charge in [-0.3, -0.25) is 4.79 Å². The van der Waals surface area contributed by atoms with Gasteiger partial charge in [-0.05, 0) is 38.4 Å². The Balaban J connectivity index is 2.12.